The summed E-state index contributed by atoms with van der Waals surface area (Å²) in [4.78, 5) is 0. The standard InChI is InChI=1S/C26H30N2O/c1-29-24-17-9-8-15-22(24)19-28-23-16-10-18-27-26(23)25(20-11-4-2-5-12-20)21-13-6-3-7-14-21/h2-9,11-15,17,23,25-28H,10,16,18-19H2,1H3/t23-,26+/m0/s1. The summed E-state index contributed by atoms with van der Waals surface area (Å²) in [5.74, 6) is 1.26. The van der Waals surface area contributed by atoms with E-state index in [2.05, 4.69) is 83.4 Å². The first-order valence-corrected chi connectivity index (χ1v) is 10.6. The zero-order valence-corrected chi connectivity index (χ0v) is 17.1. The van der Waals surface area contributed by atoms with Crippen molar-refractivity contribution >= 4 is 0 Å². The van der Waals surface area contributed by atoms with Gasteiger partial charge in [0, 0.05) is 30.1 Å². The monoisotopic (exact) mass is 386 g/mol. The van der Waals surface area contributed by atoms with E-state index in [1.807, 2.05) is 12.1 Å². The Kier molecular flexibility index (Phi) is 6.60. The fraction of sp³-hybridized carbons (Fsp3) is 0.308. The molecule has 0 radical (unpaired) electrons. The average Bonchev–Trinajstić information content (AvgIpc) is 2.80. The second-order valence-electron chi connectivity index (χ2n) is 7.72. The van der Waals surface area contributed by atoms with Crippen LogP contribution < -0.4 is 15.4 Å². The normalized spacial score (nSPS) is 19.2. The highest BCUT2D eigenvalue weighted by Gasteiger charge is 2.33. The van der Waals surface area contributed by atoms with Crippen LogP contribution in [0.1, 0.15) is 35.4 Å². The molecule has 0 bridgehead atoms. The number of rotatable bonds is 7. The molecule has 0 aliphatic carbocycles. The predicted octanol–water partition coefficient (Wildman–Crippen LogP) is 4.74. The zero-order chi connectivity index (χ0) is 19.9. The van der Waals surface area contributed by atoms with E-state index in [0.29, 0.717) is 18.0 Å². The number of ether oxygens (including phenoxy) is 1. The number of benzene rings is 3. The van der Waals surface area contributed by atoms with Crippen molar-refractivity contribution < 1.29 is 4.74 Å². The number of hydrogen-bond acceptors (Lipinski definition) is 3. The van der Waals surface area contributed by atoms with Crippen LogP contribution in [0.5, 0.6) is 5.75 Å². The molecule has 3 aromatic rings. The highest BCUT2D eigenvalue weighted by molar-refractivity contribution is 5.36. The van der Waals surface area contributed by atoms with E-state index in [9.17, 15) is 0 Å². The topological polar surface area (TPSA) is 33.3 Å². The van der Waals surface area contributed by atoms with Gasteiger partial charge in [0.05, 0.1) is 7.11 Å². The Morgan fingerprint density at radius 1 is 0.897 bits per heavy atom. The van der Waals surface area contributed by atoms with Crippen LogP contribution in [-0.2, 0) is 6.54 Å². The maximum Gasteiger partial charge on any atom is 0.123 e. The fourth-order valence-electron chi connectivity index (χ4n) is 4.51. The van der Waals surface area contributed by atoms with Crippen LogP contribution in [0.4, 0.5) is 0 Å². The van der Waals surface area contributed by atoms with Gasteiger partial charge in [-0.15, -0.1) is 0 Å². The van der Waals surface area contributed by atoms with Crippen molar-refractivity contribution in [3.8, 4) is 5.75 Å². The molecular weight excluding hydrogens is 356 g/mol. The van der Waals surface area contributed by atoms with Gasteiger partial charge in [0.2, 0.25) is 0 Å². The summed E-state index contributed by atoms with van der Waals surface area (Å²) in [6.07, 6.45) is 2.36. The summed E-state index contributed by atoms with van der Waals surface area (Å²) >= 11 is 0. The van der Waals surface area contributed by atoms with Crippen molar-refractivity contribution in [3.05, 3.63) is 102 Å². The minimum absolute atomic E-state index is 0.313. The lowest BCUT2D eigenvalue weighted by molar-refractivity contribution is 0.279. The second kappa shape index (κ2) is 9.73. The minimum Gasteiger partial charge on any atom is -0.496 e. The molecule has 0 aromatic heterocycles. The van der Waals surface area contributed by atoms with Gasteiger partial charge in [0.15, 0.2) is 0 Å². The van der Waals surface area contributed by atoms with Crippen LogP contribution >= 0.6 is 0 Å². The maximum absolute atomic E-state index is 5.54. The van der Waals surface area contributed by atoms with E-state index in [1.165, 1.54) is 29.5 Å². The predicted molar refractivity (Wildman–Crippen MR) is 119 cm³/mol. The van der Waals surface area contributed by atoms with Crippen LogP contribution in [0.25, 0.3) is 0 Å². The van der Waals surface area contributed by atoms with Crippen LogP contribution in [0.2, 0.25) is 0 Å². The summed E-state index contributed by atoms with van der Waals surface area (Å²) < 4.78 is 5.54. The van der Waals surface area contributed by atoms with Crippen molar-refractivity contribution in [2.45, 2.75) is 37.4 Å². The van der Waals surface area contributed by atoms with E-state index in [0.717, 1.165) is 18.8 Å². The molecule has 1 saturated heterocycles. The highest BCUT2D eigenvalue weighted by atomic mass is 16.5. The minimum atomic E-state index is 0.313. The molecular formula is C26H30N2O. The van der Waals surface area contributed by atoms with E-state index in [1.54, 1.807) is 7.11 Å². The first-order chi connectivity index (χ1) is 14.4. The van der Waals surface area contributed by atoms with Crippen molar-refractivity contribution in [1.82, 2.24) is 10.6 Å². The lowest BCUT2D eigenvalue weighted by Gasteiger charge is -2.39. The van der Waals surface area contributed by atoms with Gasteiger partial charge >= 0.3 is 0 Å². The third kappa shape index (κ3) is 4.69. The Balaban J connectivity index is 1.60. The third-order valence-electron chi connectivity index (χ3n) is 5.93. The van der Waals surface area contributed by atoms with E-state index in [-0.39, 0.29) is 0 Å². The quantitative estimate of drug-likeness (QED) is 0.615. The lowest BCUT2D eigenvalue weighted by atomic mass is 9.79. The van der Waals surface area contributed by atoms with Gasteiger partial charge in [-0.2, -0.15) is 0 Å². The Morgan fingerprint density at radius 2 is 1.52 bits per heavy atom. The molecule has 3 nitrogen and oxygen atoms in total. The van der Waals surface area contributed by atoms with Gasteiger partial charge in [0.1, 0.15) is 5.75 Å². The molecule has 2 atom stereocenters. The molecule has 0 unspecified atom stereocenters. The molecule has 29 heavy (non-hydrogen) atoms. The maximum atomic E-state index is 5.54. The van der Waals surface area contributed by atoms with Gasteiger partial charge in [-0.3, -0.25) is 0 Å². The van der Waals surface area contributed by atoms with Gasteiger partial charge in [-0.05, 0) is 36.6 Å². The molecule has 2 N–H and O–H groups in total. The van der Waals surface area contributed by atoms with Gasteiger partial charge in [-0.25, -0.2) is 0 Å². The SMILES string of the molecule is COc1ccccc1CN[C@H]1CCCN[C@H]1C(c1ccccc1)c1ccccc1. The Morgan fingerprint density at radius 3 is 2.17 bits per heavy atom. The summed E-state index contributed by atoms with van der Waals surface area (Å²) in [6, 6.07) is 30.8. The molecule has 150 valence electrons. The summed E-state index contributed by atoms with van der Waals surface area (Å²) in [5.41, 5.74) is 3.93. The smallest absolute Gasteiger partial charge is 0.123 e. The molecule has 3 aromatic carbocycles. The van der Waals surface area contributed by atoms with E-state index < -0.39 is 0 Å². The molecule has 0 saturated carbocycles. The van der Waals surface area contributed by atoms with Crippen LogP contribution in [0.15, 0.2) is 84.9 Å². The Hall–Kier alpha value is -2.62. The molecule has 1 heterocycles. The summed E-state index contributed by atoms with van der Waals surface area (Å²) in [7, 11) is 1.74. The van der Waals surface area contributed by atoms with Gasteiger partial charge in [-0.1, -0.05) is 78.9 Å². The van der Waals surface area contributed by atoms with Crippen molar-refractivity contribution in [2.75, 3.05) is 13.7 Å². The number of para-hydroxylation sites is 1. The van der Waals surface area contributed by atoms with Gasteiger partial charge < -0.3 is 15.4 Å². The third-order valence-corrected chi connectivity index (χ3v) is 5.93. The number of nitrogens with one attached hydrogen (secondary N) is 2. The average molecular weight is 387 g/mol. The number of methoxy groups -OCH3 is 1. The first kappa shape index (κ1) is 19.7. The number of hydrogen-bond donors (Lipinski definition) is 2. The highest BCUT2D eigenvalue weighted by Crippen LogP contribution is 2.32. The van der Waals surface area contributed by atoms with E-state index >= 15 is 0 Å². The van der Waals surface area contributed by atoms with Gasteiger partial charge in [0.25, 0.3) is 0 Å². The molecule has 0 amide bonds. The van der Waals surface area contributed by atoms with Crippen molar-refractivity contribution in [2.24, 2.45) is 0 Å². The van der Waals surface area contributed by atoms with E-state index in [4.69, 9.17) is 4.74 Å². The lowest BCUT2D eigenvalue weighted by Crippen LogP contribution is -2.54. The van der Waals surface area contributed by atoms with Crippen LogP contribution in [0.3, 0.4) is 0 Å². The Bertz CT molecular complexity index is 842. The molecule has 1 fully saturated rings. The molecule has 1 aliphatic rings. The van der Waals surface area contributed by atoms with Crippen molar-refractivity contribution in [1.29, 1.82) is 0 Å². The largest absolute Gasteiger partial charge is 0.496 e. The summed E-state index contributed by atoms with van der Waals surface area (Å²) in [5, 5.41) is 7.68. The van der Waals surface area contributed by atoms with Crippen molar-refractivity contribution in [3.63, 3.8) is 0 Å². The van der Waals surface area contributed by atoms with Crippen LogP contribution in [0, 0.1) is 0 Å². The Labute approximate surface area is 174 Å². The molecule has 4 rings (SSSR count). The fourth-order valence-corrected chi connectivity index (χ4v) is 4.51. The summed E-state index contributed by atoms with van der Waals surface area (Å²) in [6.45, 7) is 1.87. The van der Waals surface area contributed by atoms with Crippen LogP contribution in [-0.4, -0.2) is 25.7 Å². The molecule has 3 heteroatoms. The number of piperidine rings is 1. The molecule has 0 spiro atoms. The molecule has 1 aliphatic heterocycles. The first-order valence-electron chi connectivity index (χ1n) is 10.6. The zero-order valence-electron chi connectivity index (χ0n) is 17.1. The second-order valence-corrected chi connectivity index (χ2v) is 7.72.